The maximum atomic E-state index is 12.5. The van der Waals surface area contributed by atoms with Crippen LogP contribution in [0.25, 0.3) is 10.4 Å². The van der Waals surface area contributed by atoms with Gasteiger partial charge in [-0.1, -0.05) is 62.4 Å². The van der Waals surface area contributed by atoms with E-state index in [1.807, 2.05) is 36.4 Å². The normalized spacial score (nSPS) is 10.7. The first-order valence-corrected chi connectivity index (χ1v) is 11.2. The quantitative estimate of drug-likeness (QED) is 0.326. The van der Waals surface area contributed by atoms with Crippen molar-refractivity contribution in [2.45, 2.75) is 33.6 Å². The Labute approximate surface area is 187 Å². The van der Waals surface area contributed by atoms with Gasteiger partial charge in [-0.05, 0) is 54.7 Å². The summed E-state index contributed by atoms with van der Waals surface area (Å²) in [6.07, 6.45) is 0. The molecular weight excluding hydrogens is 412 g/mol. The van der Waals surface area contributed by atoms with Crippen LogP contribution in [0.2, 0.25) is 0 Å². The standard InChI is InChI=1S/C24H26N2O2S2/c1-5-28-23(27)19-14-20(17-11-7-6-8-12-17)30-22(19)26-24(29)25-21-16(4)10-9-13-18(21)15(2)3/h6-15H,5H2,1-4H3,(H2,25,26,29). The lowest BCUT2D eigenvalue weighted by Gasteiger charge is -2.18. The fourth-order valence-electron chi connectivity index (χ4n) is 3.18. The first-order chi connectivity index (χ1) is 14.4. The van der Waals surface area contributed by atoms with Gasteiger partial charge in [0, 0.05) is 10.6 Å². The van der Waals surface area contributed by atoms with Crippen LogP contribution < -0.4 is 10.6 Å². The van der Waals surface area contributed by atoms with Crippen molar-refractivity contribution in [2.75, 3.05) is 17.2 Å². The molecule has 3 aromatic rings. The Bertz CT molecular complexity index is 1040. The number of esters is 1. The number of hydrogen-bond donors (Lipinski definition) is 2. The van der Waals surface area contributed by atoms with Crippen molar-refractivity contribution >= 4 is 45.3 Å². The summed E-state index contributed by atoms with van der Waals surface area (Å²) in [6.45, 7) is 8.48. The van der Waals surface area contributed by atoms with E-state index in [-0.39, 0.29) is 5.97 Å². The van der Waals surface area contributed by atoms with Crippen molar-refractivity contribution in [1.29, 1.82) is 0 Å². The van der Waals surface area contributed by atoms with E-state index >= 15 is 0 Å². The molecule has 0 saturated heterocycles. The SMILES string of the molecule is CCOC(=O)c1cc(-c2ccccc2)sc1NC(=S)Nc1c(C)cccc1C(C)C. The Balaban J connectivity index is 1.89. The smallest absolute Gasteiger partial charge is 0.341 e. The van der Waals surface area contributed by atoms with Crippen molar-refractivity contribution in [2.24, 2.45) is 0 Å². The first kappa shape index (κ1) is 22.0. The van der Waals surface area contributed by atoms with E-state index in [2.05, 4.69) is 49.6 Å². The second-order valence-electron chi connectivity index (χ2n) is 7.21. The summed E-state index contributed by atoms with van der Waals surface area (Å²) in [4.78, 5) is 13.5. The molecule has 0 aliphatic heterocycles. The molecule has 30 heavy (non-hydrogen) atoms. The number of para-hydroxylation sites is 1. The van der Waals surface area contributed by atoms with E-state index in [1.165, 1.54) is 16.9 Å². The molecule has 0 amide bonds. The number of carbonyl (C=O) groups is 1. The Morgan fingerprint density at radius 3 is 2.50 bits per heavy atom. The minimum Gasteiger partial charge on any atom is -0.462 e. The molecule has 1 heterocycles. The number of anilines is 2. The fourth-order valence-corrected chi connectivity index (χ4v) is 4.50. The molecule has 2 aromatic carbocycles. The van der Waals surface area contributed by atoms with Gasteiger partial charge in [0.05, 0.1) is 12.2 Å². The number of hydrogen-bond acceptors (Lipinski definition) is 4. The molecule has 2 N–H and O–H groups in total. The number of ether oxygens (including phenoxy) is 1. The maximum Gasteiger partial charge on any atom is 0.341 e. The summed E-state index contributed by atoms with van der Waals surface area (Å²) in [5.74, 6) is -0.00305. The van der Waals surface area contributed by atoms with Crippen LogP contribution in [0.15, 0.2) is 54.6 Å². The molecular formula is C24H26N2O2S2. The van der Waals surface area contributed by atoms with Gasteiger partial charge < -0.3 is 15.4 Å². The Morgan fingerprint density at radius 1 is 1.10 bits per heavy atom. The van der Waals surface area contributed by atoms with E-state index in [9.17, 15) is 4.79 Å². The van der Waals surface area contributed by atoms with E-state index < -0.39 is 0 Å². The van der Waals surface area contributed by atoms with Crippen molar-refractivity contribution in [3.63, 3.8) is 0 Å². The molecule has 0 aliphatic carbocycles. The average Bonchev–Trinajstić information content (AvgIpc) is 3.14. The highest BCUT2D eigenvalue weighted by Gasteiger charge is 2.19. The van der Waals surface area contributed by atoms with Gasteiger partial charge in [0.25, 0.3) is 0 Å². The van der Waals surface area contributed by atoms with E-state index in [0.29, 0.717) is 28.2 Å². The minimum atomic E-state index is -0.361. The zero-order valence-corrected chi connectivity index (χ0v) is 19.2. The predicted octanol–water partition coefficient (Wildman–Crippen LogP) is 6.83. The molecule has 6 heteroatoms. The third-order valence-corrected chi connectivity index (χ3v) is 5.98. The van der Waals surface area contributed by atoms with Crippen LogP contribution in [0, 0.1) is 6.92 Å². The Hall–Kier alpha value is -2.70. The Morgan fingerprint density at radius 2 is 1.83 bits per heavy atom. The van der Waals surface area contributed by atoms with Crippen LogP contribution in [0.3, 0.4) is 0 Å². The maximum absolute atomic E-state index is 12.5. The number of nitrogens with one attached hydrogen (secondary N) is 2. The van der Waals surface area contributed by atoms with Crippen LogP contribution in [0.1, 0.15) is 48.2 Å². The van der Waals surface area contributed by atoms with Gasteiger partial charge in [-0.15, -0.1) is 11.3 Å². The highest BCUT2D eigenvalue weighted by atomic mass is 32.1. The molecule has 0 saturated carbocycles. The van der Waals surface area contributed by atoms with Gasteiger partial charge in [-0.25, -0.2) is 4.79 Å². The van der Waals surface area contributed by atoms with Crippen LogP contribution in [0.5, 0.6) is 0 Å². The topological polar surface area (TPSA) is 50.4 Å². The molecule has 1 aromatic heterocycles. The van der Waals surface area contributed by atoms with Crippen LogP contribution in [-0.2, 0) is 4.74 Å². The predicted molar refractivity (Wildman–Crippen MR) is 131 cm³/mol. The highest BCUT2D eigenvalue weighted by Crippen LogP contribution is 2.36. The number of thiocarbonyl (C=S) groups is 1. The number of aryl methyl sites for hydroxylation is 1. The van der Waals surface area contributed by atoms with Gasteiger partial charge >= 0.3 is 5.97 Å². The molecule has 0 fully saturated rings. The highest BCUT2D eigenvalue weighted by molar-refractivity contribution is 7.80. The van der Waals surface area contributed by atoms with Crippen molar-refractivity contribution in [3.8, 4) is 10.4 Å². The summed E-state index contributed by atoms with van der Waals surface area (Å²) in [7, 11) is 0. The summed E-state index contributed by atoms with van der Waals surface area (Å²) in [5.41, 5.74) is 4.84. The number of thiophene rings is 1. The van der Waals surface area contributed by atoms with Crippen molar-refractivity contribution in [1.82, 2.24) is 0 Å². The lowest BCUT2D eigenvalue weighted by Crippen LogP contribution is -2.21. The second-order valence-corrected chi connectivity index (χ2v) is 8.67. The molecule has 0 spiro atoms. The summed E-state index contributed by atoms with van der Waals surface area (Å²) in [6, 6.07) is 18.0. The van der Waals surface area contributed by atoms with Gasteiger partial charge in [0.15, 0.2) is 5.11 Å². The van der Waals surface area contributed by atoms with Crippen molar-refractivity contribution in [3.05, 3.63) is 71.3 Å². The van der Waals surface area contributed by atoms with Crippen LogP contribution >= 0.6 is 23.6 Å². The Kier molecular flexibility index (Phi) is 7.24. The first-order valence-electron chi connectivity index (χ1n) is 9.94. The molecule has 4 nitrogen and oxygen atoms in total. The van der Waals surface area contributed by atoms with E-state index in [1.54, 1.807) is 6.92 Å². The monoisotopic (exact) mass is 438 g/mol. The summed E-state index contributed by atoms with van der Waals surface area (Å²) >= 11 is 7.07. The zero-order chi connectivity index (χ0) is 21.7. The molecule has 0 radical (unpaired) electrons. The lowest BCUT2D eigenvalue weighted by atomic mass is 9.98. The molecule has 3 rings (SSSR count). The lowest BCUT2D eigenvalue weighted by molar-refractivity contribution is 0.0528. The number of rotatable bonds is 6. The molecule has 0 atom stereocenters. The van der Waals surface area contributed by atoms with Gasteiger partial charge in [0.2, 0.25) is 0 Å². The molecule has 0 unspecified atom stereocenters. The minimum absolute atomic E-state index is 0.318. The molecule has 0 aliphatic rings. The van der Waals surface area contributed by atoms with Crippen LogP contribution in [-0.4, -0.2) is 17.7 Å². The molecule has 0 bridgehead atoms. The largest absolute Gasteiger partial charge is 0.462 e. The number of carbonyl (C=O) groups excluding carboxylic acids is 1. The van der Waals surface area contributed by atoms with Crippen LogP contribution in [0.4, 0.5) is 10.7 Å². The summed E-state index contributed by atoms with van der Waals surface area (Å²) in [5, 5.41) is 7.66. The van der Waals surface area contributed by atoms with Gasteiger partial charge in [0.1, 0.15) is 5.00 Å². The van der Waals surface area contributed by atoms with Gasteiger partial charge in [-0.2, -0.15) is 0 Å². The second kappa shape index (κ2) is 9.87. The zero-order valence-electron chi connectivity index (χ0n) is 17.6. The van der Waals surface area contributed by atoms with Crippen molar-refractivity contribution < 1.29 is 9.53 Å². The molecule has 156 valence electrons. The van der Waals surface area contributed by atoms with E-state index in [0.717, 1.165) is 21.7 Å². The third-order valence-electron chi connectivity index (χ3n) is 4.68. The summed E-state index contributed by atoms with van der Waals surface area (Å²) < 4.78 is 5.25. The van der Waals surface area contributed by atoms with E-state index in [4.69, 9.17) is 17.0 Å². The third kappa shape index (κ3) is 5.07. The fraction of sp³-hybridized carbons (Fsp3) is 0.250. The number of benzene rings is 2. The van der Waals surface area contributed by atoms with Gasteiger partial charge in [-0.3, -0.25) is 0 Å². The average molecular weight is 439 g/mol.